The van der Waals surface area contributed by atoms with Gasteiger partial charge in [-0.1, -0.05) is 6.92 Å². The third-order valence-electron chi connectivity index (χ3n) is 4.60. The van der Waals surface area contributed by atoms with Crippen molar-refractivity contribution in [3.05, 3.63) is 23.8 Å². The SMILES string of the molecule is CCN(CC(=O)NC1CCS(=O)(=O)C1)S(=O)(=O)c1ccc(OCCOC)c(C)c1. The van der Waals surface area contributed by atoms with Gasteiger partial charge in [0.2, 0.25) is 15.9 Å². The Hall–Kier alpha value is -1.69. The first-order valence-electron chi connectivity index (χ1n) is 9.31. The van der Waals surface area contributed by atoms with Gasteiger partial charge in [0.15, 0.2) is 9.84 Å². The van der Waals surface area contributed by atoms with Crippen molar-refractivity contribution >= 4 is 25.8 Å². The van der Waals surface area contributed by atoms with Crippen LogP contribution in [0.2, 0.25) is 0 Å². The second kappa shape index (κ2) is 9.88. The largest absolute Gasteiger partial charge is 0.491 e. The second-order valence-corrected chi connectivity index (χ2v) is 11.0. The molecule has 0 bridgehead atoms. The van der Waals surface area contributed by atoms with E-state index >= 15 is 0 Å². The maximum absolute atomic E-state index is 13.0. The minimum Gasteiger partial charge on any atom is -0.491 e. The topological polar surface area (TPSA) is 119 Å². The zero-order chi connectivity index (χ0) is 21.7. The number of ether oxygens (including phenoxy) is 2. The molecule has 2 rings (SSSR count). The monoisotopic (exact) mass is 448 g/mol. The summed E-state index contributed by atoms with van der Waals surface area (Å²) in [7, 11) is -5.46. The molecule has 0 saturated carbocycles. The van der Waals surface area contributed by atoms with E-state index in [-0.39, 0.29) is 29.5 Å². The standard InChI is InChI=1S/C18H28N2O7S2/c1-4-20(12-18(21)19-15-7-10-28(22,23)13-15)29(24,25)16-5-6-17(14(2)11-16)27-9-8-26-3/h5-6,11,15H,4,7-10,12-13H2,1-3H3,(H,19,21). The van der Waals surface area contributed by atoms with Crippen LogP contribution < -0.4 is 10.1 Å². The lowest BCUT2D eigenvalue weighted by atomic mass is 10.2. The Morgan fingerprint density at radius 2 is 2.03 bits per heavy atom. The number of carbonyl (C=O) groups is 1. The summed E-state index contributed by atoms with van der Waals surface area (Å²) in [5.41, 5.74) is 0.652. The molecule has 29 heavy (non-hydrogen) atoms. The molecule has 0 radical (unpaired) electrons. The van der Waals surface area contributed by atoms with Crippen LogP contribution in [0.1, 0.15) is 18.9 Å². The van der Waals surface area contributed by atoms with Crippen molar-refractivity contribution < 1.29 is 31.1 Å². The van der Waals surface area contributed by atoms with Gasteiger partial charge < -0.3 is 14.8 Å². The van der Waals surface area contributed by atoms with Gasteiger partial charge in [0.05, 0.1) is 29.6 Å². The molecule has 1 aromatic rings. The number of likely N-dealkylation sites (N-methyl/N-ethyl adjacent to an activating group) is 1. The molecule has 1 aromatic carbocycles. The molecule has 164 valence electrons. The van der Waals surface area contributed by atoms with E-state index in [2.05, 4.69) is 5.32 Å². The summed E-state index contributed by atoms with van der Waals surface area (Å²) >= 11 is 0. The Balaban J connectivity index is 2.07. The third-order valence-corrected chi connectivity index (χ3v) is 8.28. The second-order valence-electron chi connectivity index (χ2n) is 6.87. The van der Waals surface area contributed by atoms with Gasteiger partial charge in [0.25, 0.3) is 0 Å². The van der Waals surface area contributed by atoms with Gasteiger partial charge in [-0.2, -0.15) is 4.31 Å². The van der Waals surface area contributed by atoms with Crippen LogP contribution >= 0.6 is 0 Å². The van der Waals surface area contributed by atoms with E-state index in [1.54, 1.807) is 27.0 Å². The molecule has 9 nitrogen and oxygen atoms in total. The van der Waals surface area contributed by atoms with Crippen molar-refractivity contribution in [3.63, 3.8) is 0 Å². The molecule has 1 saturated heterocycles. The summed E-state index contributed by atoms with van der Waals surface area (Å²) in [6.45, 7) is 3.87. The van der Waals surface area contributed by atoms with Crippen molar-refractivity contribution in [2.75, 3.05) is 44.9 Å². The smallest absolute Gasteiger partial charge is 0.243 e. The number of rotatable bonds is 10. The number of carbonyl (C=O) groups excluding carboxylic acids is 1. The average molecular weight is 449 g/mol. The molecule has 1 heterocycles. The van der Waals surface area contributed by atoms with E-state index in [4.69, 9.17) is 9.47 Å². The van der Waals surface area contributed by atoms with Crippen LogP contribution in [0.3, 0.4) is 0 Å². The van der Waals surface area contributed by atoms with Crippen molar-refractivity contribution in [2.45, 2.75) is 31.2 Å². The molecule has 1 amide bonds. The molecule has 1 aliphatic rings. The van der Waals surface area contributed by atoms with Crippen LogP contribution in [0.25, 0.3) is 0 Å². The minimum atomic E-state index is -3.89. The summed E-state index contributed by atoms with van der Waals surface area (Å²) in [4.78, 5) is 12.3. The highest BCUT2D eigenvalue weighted by molar-refractivity contribution is 7.91. The lowest BCUT2D eigenvalue weighted by Crippen LogP contribution is -2.44. The van der Waals surface area contributed by atoms with Crippen molar-refractivity contribution in [1.29, 1.82) is 0 Å². The Morgan fingerprint density at radius 3 is 2.59 bits per heavy atom. The highest BCUT2D eigenvalue weighted by Gasteiger charge is 2.31. The highest BCUT2D eigenvalue weighted by Crippen LogP contribution is 2.24. The molecule has 0 spiro atoms. The number of hydrogen-bond acceptors (Lipinski definition) is 7. The molecule has 11 heteroatoms. The Labute approximate surface area is 172 Å². The highest BCUT2D eigenvalue weighted by atomic mass is 32.2. The van der Waals surface area contributed by atoms with Gasteiger partial charge in [0.1, 0.15) is 12.4 Å². The maximum atomic E-state index is 13.0. The first-order chi connectivity index (χ1) is 13.6. The summed E-state index contributed by atoms with van der Waals surface area (Å²) < 4.78 is 60.5. The number of amides is 1. The summed E-state index contributed by atoms with van der Waals surface area (Å²) in [6, 6.07) is 4.05. The van der Waals surface area contributed by atoms with E-state index in [1.165, 1.54) is 12.1 Å². The van der Waals surface area contributed by atoms with Crippen molar-refractivity contribution in [1.82, 2.24) is 9.62 Å². The number of methoxy groups -OCH3 is 1. The molecule has 1 unspecified atom stereocenters. The van der Waals surface area contributed by atoms with Crippen molar-refractivity contribution in [3.8, 4) is 5.75 Å². The first kappa shape index (κ1) is 23.6. The molecule has 1 aliphatic heterocycles. The number of nitrogens with one attached hydrogen (secondary N) is 1. The van der Waals surface area contributed by atoms with Gasteiger partial charge in [-0.15, -0.1) is 0 Å². The van der Waals surface area contributed by atoms with Crippen LogP contribution in [0.4, 0.5) is 0 Å². The Kier molecular flexibility index (Phi) is 8.03. The Bertz CT molecular complexity index is 930. The molecular weight excluding hydrogens is 420 g/mol. The van der Waals surface area contributed by atoms with E-state index in [0.29, 0.717) is 30.9 Å². The van der Waals surface area contributed by atoms with Gasteiger partial charge >= 0.3 is 0 Å². The van der Waals surface area contributed by atoms with E-state index in [0.717, 1.165) is 4.31 Å². The number of benzene rings is 1. The van der Waals surface area contributed by atoms with Crippen LogP contribution in [0.5, 0.6) is 5.75 Å². The van der Waals surface area contributed by atoms with Gasteiger partial charge in [0, 0.05) is 19.7 Å². The van der Waals surface area contributed by atoms with Crippen LogP contribution in [0, 0.1) is 6.92 Å². The average Bonchev–Trinajstić information content (AvgIpc) is 2.99. The molecule has 1 atom stereocenters. The zero-order valence-corrected chi connectivity index (χ0v) is 18.5. The molecule has 1 fully saturated rings. The van der Waals surface area contributed by atoms with Crippen molar-refractivity contribution in [2.24, 2.45) is 0 Å². The fraction of sp³-hybridized carbons (Fsp3) is 0.611. The molecule has 0 aliphatic carbocycles. The van der Waals surface area contributed by atoms with E-state index < -0.39 is 31.8 Å². The number of sulfonamides is 1. The van der Waals surface area contributed by atoms with Crippen LogP contribution in [-0.4, -0.2) is 78.0 Å². The lowest BCUT2D eigenvalue weighted by Gasteiger charge is -2.21. The fourth-order valence-electron chi connectivity index (χ4n) is 3.04. The van der Waals surface area contributed by atoms with Gasteiger partial charge in [-0.25, -0.2) is 16.8 Å². The normalized spacial score (nSPS) is 18.7. The van der Waals surface area contributed by atoms with Gasteiger partial charge in [-0.05, 0) is 37.1 Å². The number of sulfone groups is 1. The number of aryl methyl sites for hydroxylation is 1. The number of nitrogens with zero attached hydrogens (tertiary/aromatic N) is 1. The number of hydrogen-bond donors (Lipinski definition) is 1. The zero-order valence-electron chi connectivity index (χ0n) is 16.9. The van der Waals surface area contributed by atoms with Crippen LogP contribution in [0.15, 0.2) is 23.1 Å². The van der Waals surface area contributed by atoms with E-state index in [1.807, 2.05) is 0 Å². The maximum Gasteiger partial charge on any atom is 0.243 e. The summed E-state index contributed by atoms with van der Waals surface area (Å²) in [6.07, 6.45) is 0.344. The molecule has 1 N–H and O–H groups in total. The lowest BCUT2D eigenvalue weighted by molar-refractivity contribution is -0.121. The first-order valence-corrected chi connectivity index (χ1v) is 12.6. The Morgan fingerprint density at radius 1 is 1.31 bits per heavy atom. The predicted molar refractivity (Wildman–Crippen MR) is 108 cm³/mol. The van der Waals surface area contributed by atoms with E-state index in [9.17, 15) is 21.6 Å². The fourth-order valence-corrected chi connectivity index (χ4v) is 6.20. The molecular formula is C18H28N2O7S2. The quantitative estimate of drug-likeness (QED) is 0.513. The predicted octanol–water partition coefficient (Wildman–Crippen LogP) is 0.334. The summed E-state index contributed by atoms with van der Waals surface area (Å²) in [5.74, 6) is -0.0364. The molecule has 0 aromatic heterocycles. The van der Waals surface area contributed by atoms with Crippen LogP contribution in [-0.2, 0) is 29.4 Å². The minimum absolute atomic E-state index is 0.0335. The van der Waals surface area contributed by atoms with Gasteiger partial charge in [-0.3, -0.25) is 4.79 Å². The summed E-state index contributed by atoms with van der Waals surface area (Å²) in [5, 5.41) is 2.62. The third kappa shape index (κ3) is 6.39.